The molecule has 1 aromatic heterocycles. The van der Waals surface area contributed by atoms with Gasteiger partial charge >= 0.3 is 20.1 Å². The van der Waals surface area contributed by atoms with Gasteiger partial charge in [-0.1, -0.05) is 30.9 Å². The number of rotatable bonds is 1. The number of anilines is 2. The maximum absolute atomic E-state index is 4.30. The van der Waals surface area contributed by atoms with E-state index in [1.807, 2.05) is 30.7 Å². The standard InChI is InChI=1S/C18H12N4.CH3.Ir.Y/c1-2-6-14(7-3-1)15-11-21-17-9-5-4-8-16(17)20-13-19-10-18(20)22(21)12-15;;;/h1-8,10-13H;1H3;;/q-2;-1;+3;. The predicted molar refractivity (Wildman–Crippen MR) is 92.5 cm³/mol. The van der Waals surface area contributed by atoms with Gasteiger partial charge in [-0.15, -0.1) is 29.3 Å². The van der Waals surface area contributed by atoms with Crippen molar-refractivity contribution < 1.29 is 52.8 Å². The van der Waals surface area contributed by atoms with Gasteiger partial charge in [-0.05, 0) is 11.4 Å². The van der Waals surface area contributed by atoms with Gasteiger partial charge in [0.05, 0.1) is 12.5 Å². The molecule has 6 heteroatoms. The number of hydrazine groups is 1. The summed E-state index contributed by atoms with van der Waals surface area (Å²) in [5.41, 5.74) is 4.47. The topological polar surface area (TPSA) is 24.3 Å². The molecule has 25 heavy (non-hydrogen) atoms. The van der Waals surface area contributed by atoms with Crippen molar-refractivity contribution in [1.29, 1.82) is 0 Å². The molecule has 3 aromatic rings. The molecule has 0 amide bonds. The van der Waals surface area contributed by atoms with E-state index in [1.165, 1.54) is 11.1 Å². The second-order valence-electron chi connectivity index (χ2n) is 5.29. The van der Waals surface area contributed by atoms with E-state index in [9.17, 15) is 0 Å². The third-order valence-corrected chi connectivity index (χ3v) is 4.02. The maximum Gasteiger partial charge on any atom is 3.00 e. The monoisotopic (exact) mass is 581 g/mol. The number of imidazole rings is 1. The van der Waals surface area contributed by atoms with Gasteiger partial charge in [0.2, 0.25) is 0 Å². The summed E-state index contributed by atoms with van der Waals surface area (Å²) in [7, 11) is 0. The molecule has 1 radical (unpaired) electrons. The van der Waals surface area contributed by atoms with E-state index in [0.717, 1.165) is 17.2 Å². The zero-order valence-corrected chi connectivity index (χ0v) is 18.9. The van der Waals surface area contributed by atoms with E-state index >= 15 is 0 Å². The molecule has 0 bridgehead atoms. The van der Waals surface area contributed by atoms with Crippen LogP contribution in [0, 0.1) is 20.0 Å². The molecular formula is C19H15IrN4Y. The molecule has 0 spiro atoms. The molecule has 0 saturated carbocycles. The van der Waals surface area contributed by atoms with Crippen LogP contribution in [0.3, 0.4) is 0 Å². The van der Waals surface area contributed by atoms with Gasteiger partial charge in [0.15, 0.2) is 0 Å². The summed E-state index contributed by atoms with van der Waals surface area (Å²) in [6.45, 7) is 2.14. The molecule has 0 fully saturated rings. The van der Waals surface area contributed by atoms with Crippen LogP contribution >= 0.6 is 0 Å². The largest absolute Gasteiger partial charge is 3.00 e. The van der Waals surface area contributed by atoms with Crippen molar-refractivity contribution >= 4 is 17.1 Å². The van der Waals surface area contributed by atoms with E-state index < -0.39 is 0 Å². The molecule has 0 unspecified atom stereocenters. The molecule has 3 heterocycles. The van der Waals surface area contributed by atoms with Crippen molar-refractivity contribution in [3.63, 3.8) is 0 Å². The second-order valence-corrected chi connectivity index (χ2v) is 5.29. The number of hydrogen-bond acceptors (Lipinski definition) is 3. The van der Waals surface area contributed by atoms with E-state index in [2.05, 4.69) is 68.7 Å². The van der Waals surface area contributed by atoms with Gasteiger partial charge in [0.1, 0.15) is 5.82 Å². The van der Waals surface area contributed by atoms with Crippen LogP contribution in [0.25, 0.3) is 11.3 Å². The summed E-state index contributed by atoms with van der Waals surface area (Å²) >= 11 is 0. The van der Waals surface area contributed by atoms with Crippen LogP contribution < -0.4 is 10.0 Å². The van der Waals surface area contributed by atoms with Gasteiger partial charge in [-0.2, -0.15) is 18.2 Å². The normalized spacial score (nSPS) is 13.0. The molecule has 123 valence electrons. The molecule has 0 aliphatic carbocycles. The molecular weight excluding hydrogens is 565 g/mol. The smallest absolute Gasteiger partial charge is 0.358 e. The van der Waals surface area contributed by atoms with Crippen LogP contribution in [0.15, 0.2) is 67.3 Å². The Hall–Kier alpha value is -1.39. The molecule has 0 N–H and O–H groups in total. The van der Waals surface area contributed by atoms with Crippen molar-refractivity contribution in [1.82, 2.24) is 9.55 Å². The number of para-hydroxylation sites is 1. The zero-order valence-electron chi connectivity index (χ0n) is 13.6. The van der Waals surface area contributed by atoms with Gasteiger partial charge in [0.25, 0.3) is 0 Å². The number of fused-ring (bicyclic) bond motifs is 6. The Morgan fingerprint density at radius 2 is 1.84 bits per heavy atom. The molecule has 2 aliphatic rings. The van der Waals surface area contributed by atoms with E-state index in [1.54, 1.807) is 0 Å². The van der Waals surface area contributed by atoms with Crippen LogP contribution in [0.1, 0.15) is 5.56 Å². The summed E-state index contributed by atoms with van der Waals surface area (Å²) in [4.78, 5) is 4.30. The molecule has 2 aromatic carbocycles. The van der Waals surface area contributed by atoms with Crippen LogP contribution in [0.2, 0.25) is 0 Å². The molecule has 4 nitrogen and oxygen atoms in total. The first-order valence-electron chi connectivity index (χ1n) is 7.16. The Morgan fingerprint density at radius 3 is 2.64 bits per heavy atom. The first-order chi connectivity index (χ1) is 10.9. The van der Waals surface area contributed by atoms with E-state index in [4.69, 9.17) is 0 Å². The van der Waals surface area contributed by atoms with Crippen molar-refractivity contribution in [2.75, 3.05) is 10.0 Å². The maximum atomic E-state index is 4.30. The Morgan fingerprint density at radius 1 is 1.04 bits per heavy atom. The number of aromatic nitrogens is 2. The number of nitrogens with zero attached hydrogens (tertiary/aromatic N) is 4. The van der Waals surface area contributed by atoms with Crippen LogP contribution in [-0.2, 0) is 52.8 Å². The van der Waals surface area contributed by atoms with Gasteiger partial charge in [0, 0.05) is 32.7 Å². The zero-order chi connectivity index (χ0) is 14.5. The predicted octanol–water partition coefficient (Wildman–Crippen LogP) is 3.88. The van der Waals surface area contributed by atoms with Gasteiger partial charge in [-0.3, -0.25) is 0 Å². The Kier molecular flexibility index (Phi) is 6.28. The van der Waals surface area contributed by atoms with E-state index in [0.29, 0.717) is 0 Å². The van der Waals surface area contributed by atoms with E-state index in [-0.39, 0.29) is 60.2 Å². The Bertz CT molecular complexity index is 891. The third-order valence-electron chi connectivity index (χ3n) is 4.02. The summed E-state index contributed by atoms with van der Waals surface area (Å²) in [5, 5.41) is 4.23. The van der Waals surface area contributed by atoms with Crippen molar-refractivity contribution in [2.24, 2.45) is 0 Å². The summed E-state index contributed by atoms with van der Waals surface area (Å²) in [5.74, 6) is 1.02. The van der Waals surface area contributed by atoms with Crippen LogP contribution in [0.4, 0.5) is 11.5 Å². The van der Waals surface area contributed by atoms with Crippen molar-refractivity contribution in [3.05, 3.63) is 92.9 Å². The summed E-state index contributed by atoms with van der Waals surface area (Å²) < 4.78 is 2.08. The minimum Gasteiger partial charge on any atom is -0.358 e. The fourth-order valence-electron chi connectivity index (χ4n) is 2.99. The first kappa shape index (κ1) is 19.9. The average Bonchev–Trinajstić information content (AvgIpc) is 3.23. The fraction of sp³-hybridized carbons (Fsp3) is 0. The SMILES string of the molecule is [CH3-].[Ir+3].[Y].[c-]1cccc2c1N1[CH-]C(c3ccccc3)=CN1c1cncn1-2. The first-order valence-corrected chi connectivity index (χ1v) is 7.16. The fourth-order valence-corrected chi connectivity index (χ4v) is 2.99. The number of hydrogen-bond donors (Lipinski definition) is 0. The second kappa shape index (κ2) is 7.88. The molecule has 0 saturated heterocycles. The van der Waals surface area contributed by atoms with Crippen LogP contribution in [-0.4, -0.2) is 9.55 Å². The number of benzene rings is 2. The van der Waals surface area contributed by atoms with Gasteiger partial charge < -0.3 is 22.0 Å². The van der Waals surface area contributed by atoms with Crippen molar-refractivity contribution in [2.45, 2.75) is 0 Å². The van der Waals surface area contributed by atoms with Crippen molar-refractivity contribution in [3.8, 4) is 5.69 Å². The quantitative estimate of drug-likeness (QED) is 0.409. The molecule has 2 aliphatic heterocycles. The Labute approximate surface area is 186 Å². The minimum absolute atomic E-state index is 0. The molecule has 5 rings (SSSR count). The van der Waals surface area contributed by atoms with Crippen LogP contribution in [0.5, 0.6) is 0 Å². The summed E-state index contributed by atoms with van der Waals surface area (Å²) in [6.07, 6.45) is 5.85. The third kappa shape index (κ3) is 3.11. The average molecular weight is 580 g/mol. The summed E-state index contributed by atoms with van der Waals surface area (Å²) in [6, 6.07) is 19.7. The van der Waals surface area contributed by atoms with Gasteiger partial charge in [-0.25, -0.2) is 4.98 Å². The molecule has 0 atom stereocenters. The minimum atomic E-state index is 0. The Balaban J connectivity index is 0.000000751.